The fourth-order valence-electron chi connectivity index (χ4n) is 1.87. The van der Waals surface area contributed by atoms with Gasteiger partial charge in [-0.1, -0.05) is 6.07 Å². The van der Waals surface area contributed by atoms with Crippen molar-refractivity contribution in [2.24, 2.45) is 0 Å². The second kappa shape index (κ2) is 7.64. The van der Waals surface area contributed by atoms with E-state index in [2.05, 4.69) is 10.1 Å². The van der Waals surface area contributed by atoms with Crippen LogP contribution in [-0.4, -0.2) is 13.2 Å². The molecule has 0 spiro atoms. The van der Waals surface area contributed by atoms with Crippen LogP contribution in [0, 0.1) is 0 Å². The summed E-state index contributed by atoms with van der Waals surface area (Å²) in [5.74, 6) is 1.19. The minimum atomic E-state index is -2.87. The van der Waals surface area contributed by atoms with E-state index in [9.17, 15) is 8.78 Å². The number of benzene rings is 1. The smallest absolute Gasteiger partial charge is 0.387 e. The lowest BCUT2D eigenvalue weighted by molar-refractivity contribution is -0.0514. The van der Waals surface area contributed by atoms with E-state index in [1.165, 1.54) is 6.07 Å². The Balaban J connectivity index is 1.97. The minimum absolute atomic E-state index is 0.0432. The van der Waals surface area contributed by atoms with E-state index >= 15 is 0 Å². The highest BCUT2D eigenvalue weighted by Crippen LogP contribution is 2.29. The van der Waals surface area contributed by atoms with Gasteiger partial charge in [-0.25, -0.2) is 0 Å². The Hall–Kier alpha value is -2.08. The topological polar surface area (TPSA) is 43.6 Å². The van der Waals surface area contributed by atoms with Crippen molar-refractivity contribution in [3.63, 3.8) is 0 Å². The number of alkyl halides is 2. The van der Waals surface area contributed by atoms with E-state index in [1.54, 1.807) is 25.3 Å². The first-order valence-electron chi connectivity index (χ1n) is 6.62. The monoisotopic (exact) mass is 297 g/mol. The summed E-state index contributed by atoms with van der Waals surface area (Å²) in [6.07, 6.45) is 1.61. The molecule has 1 aromatic carbocycles. The van der Waals surface area contributed by atoms with E-state index < -0.39 is 6.61 Å². The molecule has 2 rings (SSSR count). The summed E-state index contributed by atoms with van der Waals surface area (Å²) < 4.78 is 39.6. The van der Waals surface area contributed by atoms with Crippen molar-refractivity contribution >= 4 is 0 Å². The van der Waals surface area contributed by atoms with Crippen LogP contribution in [0.4, 0.5) is 8.78 Å². The van der Waals surface area contributed by atoms with Crippen molar-refractivity contribution in [1.29, 1.82) is 0 Å². The maximum atomic E-state index is 12.3. The summed E-state index contributed by atoms with van der Waals surface area (Å²) in [5, 5.41) is 3.20. The van der Waals surface area contributed by atoms with E-state index in [4.69, 9.17) is 9.15 Å². The highest BCUT2D eigenvalue weighted by atomic mass is 19.3. The van der Waals surface area contributed by atoms with Gasteiger partial charge < -0.3 is 19.2 Å². The summed E-state index contributed by atoms with van der Waals surface area (Å²) in [6.45, 7) is 0.450. The average Bonchev–Trinajstić information content (AvgIpc) is 2.94. The van der Waals surface area contributed by atoms with E-state index in [0.717, 1.165) is 11.3 Å². The predicted molar refractivity (Wildman–Crippen MR) is 73.5 cm³/mol. The fourth-order valence-corrected chi connectivity index (χ4v) is 1.87. The molecule has 0 saturated heterocycles. The summed E-state index contributed by atoms with van der Waals surface area (Å²) in [7, 11) is 0. The Kier molecular flexibility index (Phi) is 5.57. The zero-order valence-electron chi connectivity index (χ0n) is 11.6. The van der Waals surface area contributed by atoms with Gasteiger partial charge in [-0.2, -0.15) is 8.78 Å². The molecular weight excluding hydrogens is 280 g/mol. The minimum Gasteiger partial charge on any atom is -0.490 e. The molecule has 1 N–H and O–H groups in total. The average molecular weight is 297 g/mol. The molecule has 0 radical (unpaired) electrons. The predicted octanol–water partition coefficient (Wildman–Crippen LogP) is 3.57. The second-order valence-corrected chi connectivity index (χ2v) is 4.28. The molecule has 0 aliphatic rings. The van der Waals surface area contributed by atoms with Crippen molar-refractivity contribution in [3.05, 3.63) is 47.9 Å². The van der Waals surface area contributed by atoms with Crippen molar-refractivity contribution in [2.45, 2.75) is 26.6 Å². The van der Waals surface area contributed by atoms with Crippen molar-refractivity contribution in [1.82, 2.24) is 5.32 Å². The number of furan rings is 1. The van der Waals surface area contributed by atoms with Crippen LogP contribution in [0.1, 0.15) is 18.2 Å². The first kappa shape index (κ1) is 15.3. The number of rotatable bonds is 8. The molecule has 0 fully saturated rings. The Morgan fingerprint density at radius 2 is 2.05 bits per heavy atom. The summed E-state index contributed by atoms with van der Waals surface area (Å²) in [5.41, 5.74) is 0.909. The van der Waals surface area contributed by atoms with Gasteiger partial charge in [0.2, 0.25) is 0 Å². The zero-order valence-corrected chi connectivity index (χ0v) is 11.6. The first-order valence-corrected chi connectivity index (χ1v) is 6.62. The van der Waals surface area contributed by atoms with Gasteiger partial charge in [-0.3, -0.25) is 0 Å². The van der Waals surface area contributed by atoms with E-state index in [-0.39, 0.29) is 5.75 Å². The van der Waals surface area contributed by atoms with Crippen molar-refractivity contribution < 1.29 is 22.7 Å². The number of hydrogen-bond acceptors (Lipinski definition) is 4. The van der Waals surface area contributed by atoms with Gasteiger partial charge in [0.25, 0.3) is 0 Å². The molecular formula is C15H17F2NO3. The van der Waals surface area contributed by atoms with Gasteiger partial charge in [0.15, 0.2) is 11.5 Å². The van der Waals surface area contributed by atoms with Crippen LogP contribution in [0.25, 0.3) is 0 Å². The van der Waals surface area contributed by atoms with Crippen LogP contribution < -0.4 is 14.8 Å². The normalized spacial score (nSPS) is 10.9. The maximum Gasteiger partial charge on any atom is 0.387 e. The molecule has 1 heterocycles. The van der Waals surface area contributed by atoms with Gasteiger partial charge in [-0.15, -0.1) is 0 Å². The van der Waals surface area contributed by atoms with Gasteiger partial charge in [0.1, 0.15) is 5.76 Å². The van der Waals surface area contributed by atoms with Crippen LogP contribution in [0.2, 0.25) is 0 Å². The molecule has 0 saturated carbocycles. The summed E-state index contributed by atoms with van der Waals surface area (Å²) >= 11 is 0. The van der Waals surface area contributed by atoms with Crippen molar-refractivity contribution in [2.75, 3.05) is 6.61 Å². The van der Waals surface area contributed by atoms with Crippen molar-refractivity contribution in [3.8, 4) is 11.5 Å². The molecule has 2 aromatic rings. The Bertz CT molecular complexity index is 544. The first-order chi connectivity index (χ1) is 10.2. The molecule has 0 bridgehead atoms. The number of halogens is 2. The Morgan fingerprint density at radius 1 is 1.19 bits per heavy atom. The third-order valence-corrected chi connectivity index (χ3v) is 2.73. The van der Waals surface area contributed by atoms with Gasteiger partial charge in [0.05, 0.1) is 19.4 Å². The molecule has 114 valence electrons. The van der Waals surface area contributed by atoms with Gasteiger partial charge >= 0.3 is 6.61 Å². The van der Waals surface area contributed by atoms with Crippen LogP contribution in [-0.2, 0) is 13.1 Å². The highest BCUT2D eigenvalue weighted by Gasteiger charge is 2.11. The lowest BCUT2D eigenvalue weighted by Gasteiger charge is -2.13. The van der Waals surface area contributed by atoms with Gasteiger partial charge in [-0.05, 0) is 36.8 Å². The third-order valence-electron chi connectivity index (χ3n) is 2.73. The third kappa shape index (κ3) is 4.75. The van der Waals surface area contributed by atoms with E-state index in [0.29, 0.717) is 25.4 Å². The molecule has 6 heteroatoms. The number of hydrogen-bond donors (Lipinski definition) is 1. The molecule has 4 nitrogen and oxygen atoms in total. The lowest BCUT2D eigenvalue weighted by Crippen LogP contribution is -2.12. The van der Waals surface area contributed by atoms with Gasteiger partial charge in [0, 0.05) is 6.54 Å². The number of ether oxygens (including phenoxy) is 2. The SMILES string of the molecule is CCOc1cc(CNCc2ccco2)ccc1OC(F)F. The summed E-state index contributed by atoms with van der Waals surface area (Å²) in [6, 6.07) is 8.59. The van der Waals surface area contributed by atoms with Crippen LogP contribution >= 0.6 is 0 Å². The Morgan fingerprint density at radius 3 is 2.71 bits per heavy atom. The molecule has 0 aliphatic carbocycles. The van der Waals surface area contributed by atoms with Crippen LogP contribution in [0.3, 0.4) is 0 Å². The fraction of sp³-hybridized carbons (Fsp3) is 0.333. The molecule has 0 atom stereocenters. The molecule has 1 aromatic heterocycles. The van der Waals surface area contributed by atoms with E-state index in [1.807, 2.05) is 12.1 Å². The van der Waals surface area contributed by atoms with Crippen LogP contribution in [0.5, 0.6) is 11.5 Å². The number of nitrogens with one attached hydrogen (secondary N) is 1. The maximum absolute atomic E-state index is 12.3. The highest BCUT2D eigenvalue weighted by molar-refractivity contribution is 5.43. The Labute approximate surface area is 121 Å². The van der Waals surface area contributed by atoms with Crippen LogP contribution in [0.15, 0.2) is 41.0 Å². The quantitative estimate of drug-likeness (QED) is 0.809. The molecule has 21 heavy (non-hydrogen) atoms. The molecule has 0 amide bonds. The second-order valence-electron chi connectivity index (χ2n) is 4.28. The largest absolute Gasteiger partial charge is 0.490 e. The molecule has 0 aliphatic heterocycles. The zero-order chi connectivity index (χ0) is 15.1. The molecule has 0 unspecified atom stereocenters. The summed E-state index contributed by atoms with van der Waals surface area (Å²) in [4.78, 5) is 0. The standard InChI is InChI=1S/C15H17F2NO3/c1-2-19-14-8-11(5-6-13(14)21-15(16)17)9-18-10-12-4-3-7-20-12/h3-8,15,18H,2,9-10H2,1H3. The lowest BCUT2D eigenvalue weighted by atomic mass is 10.2.